The highest BCUT2D eigenvalue weighted by atomic mass is 16.3. The van der Waals surface area contributed by atoms with Crippen LogP contribution in [0.4, 0.5) is 0 Å². The molecule has 0 aromatic heterocycles. The van der Waals surface area contributed by atoms with Crippen molar-refractivity contribution in [2.24, 2.45) is 0 Å². The number of rotatable bonds is 8. The Morgan fingerprint density at radius 2 is 1.52 bits per heavy atom. The van der Waals surface area contributed by atoms with Crippen molar-refractivity contribution >= 4 is 11.1 Å². The van der Waals surface area contributed by atoms with Crippen molar-refractivity contribution in [1.82, 2.24) is 4.90 Å². The molecule has 1 atom stereocenters. The Morgan fingerprint density at radius 3 is 2.09 bits per heavy atom. The van der Waals surface area contributed by atoms with E-state index in [0.29, 0.717) is 18.4 Å². The number of likely N-dealkylation sites (tertiary alicyclic amines) is 1. The van der Waals surface area contributed by atoms with Gasteiger partial charge in [-0.1, -0.05) is 66.7 Å². The average molecular weight is 442 g/mol. The molecule has 0 radical (unpaired) electrons. The summed E-state index contributed by atoms with van der Waals surface area (Å²) in [5.74, 6) is 0.853. The molecule has 1 aliphatic heterocycles. The summed E-state index contributed by atoms with van der Waals surface area (Å²) in [5.41, 5.74) is 7.19. The zero-order valence-electron chi connectivity index (χ0n) is 19.7. The van der Waals surface area contributed by atoms with Gasteiger partial charge in [0.05, 0.1) is 0 Å². The number of benzene rings is 3. The Morgan fingerprint density at radius 1 is 0.879 bits per heavy atom. The number of allylic oxidation sites excluding steroid dienone is 1. The molecule has 0 saturated carbocycles. The molecule has 1 saturated heterocycles. The molecule has 4 rings (SSSR count). The van der Waals surface area contributed by atoms with E-state index < -0.39 is 0 Å². The normalized spacial score (nSPS) is 17.4. The quantitative estimate of drug-likeness (QED) is 0.402. The standard InChI is InChI=1S/C30H35NO2/c1-22(2)31-19-18-27(21-31)23-10-12-25(13-11-23)30(26-14-16-28(33)17-15-26)29(9-6-20-32)24-7-4-3-5-8-24/h3-5,7-8,10-17,22,27,32-33H,6,9,18-21H2,1-2H3/b30-29+. The van der Waals surface area contributed by atoms with Crippen molar-refractivity contribution in [1.29, 1.82) is 0 Å². The smallest absolute Gasteiger partial charge is 0.115 e. The molecule has 1 fully saturated rings. The Labute approximate surface area is 198 Å². The molecule has 0 amide bonds. The van der Waals surface area contributed by atoms with E-state index >= 15 is 0 Å². The van der Waals surface area contributed by atoms with Gasteiger partial charge < -0.3 is 15.1 Å². The lowest BCUT2D eigenvalue weighted by atomic mass is 9.86. The predicted octanol–water partition coefficient (Wildman–Crippen LogP) is 6.32. The summed E-state index contributed by atoms with van der Waals surface area (Å²) in [6.45, 7) is 7.01. The molecule has 1 aliphatic rings. The Hall–Kier alpha value is -2.88. The SMILES string of the molecule is CC(C)N1CCC(c2ccc(/C(=C(/CCCO)c3ccccc3)c3ccc(O)cc3)cc2)C1. The summed E-state index contributed by atoms with van der Waals surface area (Å²) in [4.78, 5) is 2.56. The largest absolute Gasteiger partial charge is 0.508 e. The minimum absolute atomic E-state index is 0.159. The van der Waals surface area contributed by atoms with Crippen LogP contribution in [0.3, 0.4) is 0 Å². The van der Waals surface area contributed by atoms with Crippen LogP contribution in [-0.4, -0.2) is 40.9 Å². The van der Waals surface area contributed by atoms with Gasteiger partial charge in [0.15, 0.2) is 0 Å². The molecule has 0 aliphatic carbocycles. The van der Waals surface area contributed by atoms with Gasteiger partial charge >= 0.3 is 0 Å². The minimum Gasteiger partial charge on any atom is -0.508 e. The van der Waals surface area contributed by atoms with Crippen LogP contribution in [0, 0.1) is 0 Å². The first kappa shape index (κ1) is 23.3. The maximum Gasteiger partial charge on any atom is 0.115 e. The number of hydrogen-bond acceptors (Lipinski definition) is 3. The first-order valence-electron chi connectivity index (χ1n) is 12.1. The molecule has 172 valence electrons. The second-order valence-corrected chi connectivity index (χ2v) is 9.29. The van der Waals surface area contributed by atoms with Crippen molar-refractivity contribution < 1.29 is 10.2 Å². The van der Waals surface area contributed by atoms with Gasteiger partial charge in [0.1, 0.15) is 5.75 Å². The van der Waals surface area contributed by atoms with Gasteiger partial charge in [-0.15, -0.1) is 0 Å². The van der Waals surface area contributed by atoms with Crippen LogP contribution in [0.25, 0.3) is 11.1 Å². The molecule has 1 unspecified atom stereocenters. The van der Waals surface area contributed by atoms with Crippen molar-refractivity contribution in [2.75, 3.05) is 19.7 Å². The van der Waals surface area contributed by atoms with E-state index in [2.05, 4.69) is 67.3 Å². The zero-order chi connectivity index (χ0) is 23.2. The summed E-state index contributed by atoms with van der Waals surface area (Å²) < 4.78 is 0. The van der Waals surface area contributed by atoms with Crippen LogP contribution >= 0.6 is 0 Å². The molecule has 3 nitrogen and oxygen atoms in total. The lowest BCUT2D eigenvalue weighted by Crippen LogP contribution is -2.27. The molecular weight excluding hydrogens is 406 g/mol. The highest BCUT2D eigenvalue weighted by Crippen LogP contribution is 2.37. The van der Waals surface area contributed by atoms with Gasteiger partial charge in [-0.2, -0.15) is 0 Å². The second kappa shape index (κ2) is 10.8. The molecule has 3 heteroatoms. The third-order valence-corrected chi connectivity index (χ3v) is 6.79. The summed E-state index contributed by atoms with van der Waals surface area (Å²) in [7, 11) is 0. The van der Waals surface area contributed by atoms with E-state index in [0.717, 1.165) is 24.1 Å². The lowest BCUT2D eigenvalue weighted by Gasteiger charge is -2.21. The van der Waals surface area contributed by atoms with Gasteiger partial charge in [0.2, 0.25) is 0 Å². The summed E-state index contributed by atoms with van der Waals surface area (Å²) in [6, 6.07) is 27.6. The number of aliphatic hydroxyl groups excluding tert-OH is 1. The molecule has 3 aromatic rings. The molecular formula is C30H35NO2. The van der Waals surface area contributed by atoms with E-state index in [-0.39, 0.29) is 12.4 Å². The highest BCUT2D eigenvalue weighted by molar-refractivity contribution is 5.98. The van der Waals surface area contributed by atoms with Crippen LogP contribution in [0.15, 0.2) is 78.9 Å². The lowest BCUT2D eigenvalue weighted by molar-refractivity contribution is 0.272. The fourth-order valence-corrected chi connectivity index (χ4v) is 4.90. The summed E-state index contributed by atoms with van der Waals surface area (Å²) in [5, 5.41) is 19.5. The van der Waals surface area contributed by atoms with Crippen LogP contribution in [-0.2, 0) is 0 Å². The van der Waals surface area contributed by atoms with Crippen molar-refractivity contribution in [2.45, 2.75) is 45.1 Å². The number of hydrogen-bond donors (Lipinski definition) is 2. The fourth-order valence-electron chi connectivity index (χ4n) is 4.90. The number of nitrogens with zero attached hydrogens (tertiary/aromatic N) is 1. The molecule has 0 bridgehead atoms. The first-order chi connectivity index (χ1) is 16.1. The van der Waals surface area contributed by atoms with Crippen LogP contribution in [0.1, 0.15) is 61.3 Å². The van der Waals surface area contributed by atoms with Crippen LogP contribution in [0.5, 0.6) is 5.75 Å². The number of phenolic OH excluding ortho intramolecular Hbond substituents is 1. The number of aromatic hydroxyl groups is 1. The minimum atomic E-state index is 0.159. The Bertz CT molecular complexity index is 1050. The zero-order valence-corrected chi connectivity index (χ0v) is 19.7. The number of phenols is 1. The maximum atomic E-state index is 9.87. The Balaban J connectivity index is 1.76. The van der Waals surface area contributed by atoms with Crippen LogP contribution in [0.2, 0.25) is 0 Å². The molecule has 33 heavy (non-hydrogen) atoms. The molecule has 2 N–H and O–H groups in total. The summed E-state index contributed by atoms with van der Waals surface area (Å²) in [6.07, 6.45) is 2.70. The molecule has 1 heterocycles. The topological polar surface area (TPSA) is 43.7 Å². The van der Waals surface area contributed by atoms with Gasteiger partial charge in [-0.25, -0.2) is 0 Å². The van der Waals surface area contributed by atoms with E-state index in [1.54, 1.807) is 12.1 Å². The maximum absolute atomic E-state index is 9.87. The van der Waals surface area contributed by atoms with E-state index in [1.165, 1.54) is 35.2 Å². The predicted molar refractivity (Wildman–Crippen MR) is 137 cm³/mol. The molecule has 3 aromatic carbocycles. The van der Waals surface area contributed by atoms with Gasteiger partial charge in [-0.05, 0) is 91.1 Å². The van der Waals surface area contributed by atoms with Crippen molar-refractivity contribution in [3.8, 4) is 5.75 Å². The van der Waals surface area contributed by atoms with Gasteiger partial charge in [-0.3, -0.25) is 0 Å². The van der Waals surface area contributed by atoms with E-state index in [1.807, 2.05) is 18.2 Å². The third-order valence-electron chi connectivity index (χ3n) is 6.79. The van der Waals surface area contributed by atoms with Crippen molar-refractivity contribution in [3.05, 3.63) is 101 Å². The first-order valence-corrected chi connectivity index (χ1v) is 12.1. The summed E-state index contributed by atoms with van der Waals surface area (Å²) >= 11 is 0. The van der Waals surface area contributed by atoms with E-state index in [9.17, 15) is 10.2 Å². The molecule has 0 spiro atoms. The Kier molecular flexibility index (Phi) is 7.64. The van der Waals surface area contributed by atoms with Crippen LogP contribution < -0.4 is 0 Å². The monoisotopic (exact) mass is 441 g/mol. The highest BCUT2D eigenvalue weighted by Gasteiger charge is 2.25. The second-order valence-electron chi connectivity index (χ2n) is 9.29. The average Bonchev–Trinajstić information content (AvgIpc) is 3.34. The van der Waals surface area contributed by atoms with Gasteiger partial charge in [0.25, 0.3) is 0 Å². The fraction of sp³-hybridized carbons (Fsp3) is 0.333. The van der Waals surface area contributed by atoms with Gasteiger partial charge in [0, 0.05) is 19.2 Å². The third kappa shape index (κ3) is 5.55. The van der Waals surface area contributed by atoms with Crippen molar-refractivity contribution in [3.63, 3.8) is 0 Å². The van der Waals surface area contributed by atoms with E-state index in [4.69, 9.17) is 0 Å². The number of aliphatic hydroxyl groups is 1.